The maximum atomic E-state index is 12.9. The first-order chi connectivity index (χ1) is 16.7. The minimum Gasteiger partial charge on any atom is -0.440 e. The molecule has 0 saturated carbocycles. The van der Waals surface area contributed by atoms with Gasteiger partial charge in [0, 0.05) is 49.6 Å². The summed E-state index contributed by atoms with van der Waals surface area (Å²) >= 11 is 1.67. The Hall–Kier alpha value is -2.53. The van der Waals surface area contributed by atoms with Gasteiger partial charge in [-0.1, -0.05) is 18.7 Å². The van der Waals surface area contributed by atoms with E-state index in [1.165, 1.54) is 18.5 Å². The SMILES string of the molecule is Cc1ncoc1-c1nnc(SCCCN2C[C@@H]3N(c4ccc(C(F)(F)F)cc4)CC[C@]3(C)C2)n1C. The summed E-state index contributed by atoms with van der Waals surface area (Å²) in [6.07, 6.45) is -0.831. The number of nitrogens with zero attached hydrogens (tertiary/aromatic N) is 6. The first kappa shape index (κ1) is 24.2. The Morgan fingerprint density at radius 3 is 2.66 bits per heavy atom. The number of halogens is 3. The molecule has 5 rings (SSSR count). The van der Waals surface area contributed by atoms with Crippen LogP contribution in [0.15, 0.2) is 40.2 Å². The molecule has 2 fully saturated rings. The zero-order chi connectivity index (χ0) is 24.8. The summed E-state index contributed by atoms with van der Waals surface area (Å²) in [5.41, 5.74) is 1.22. The highest BCUT2D eigenvalue weighted by Crippen LogP contribution is 2.44. The van der Waals surface area contributed by atoms with Crippen molar-refractivity contribution < 1.29 is 17.6 Å². The highest BCUT2D eigenvalue weighted by molar-refractivity contribution is 7.99. The molecular formula is C24H29F3N6OS. The quantitative estimate of drug-likeness (QED) is 0.334. The summed E-state index contributed by atoms with van der Waals surface area (Å²) in [6.45, 7) is 7.99. The van der Waals surface area contributed by atoms with Gasteiger partial charge in [0.2, 0.25) is 5.82 Å². The van der Waals surface area contributed by atoms with E-state index in [4.69, 9.17) is 4.42 Å². The number of anilines is 1. The number of aromatic nitrogens is 4. The lowest BCUT2D eigenvalue weighted by atomic mass is 9.85. The second kappa shape index (κ2) is 9.16. The highest BCUT2D eigenvalue weighted by atomic mass is 32.2. The van der Waals surface area contributed by atoms with Crippen LogP contribution in [0.5, 0.6) is 0 Å². The molecule has 2 aliphatic rings. The summed E-state index contributed by atoms with van der Waals surface area (Å²) in [5, 5.41) is 9.40. The second-order valence-electron chi connectivity index (χ2n) is 9.73. The molecule has 2 atom stereocenters. The molecule has 0 unspecified atom stereocenters. The fourth-order valence-electron chi connectivity index (χ4n) is 5.33. The van der Waals surface area contributed by atoms with E-state index in [1.54, 1.807) is 23.9 Å². The van der Waals surface area contributed by atoms with Crippen molar-refractivity contribution >= 4 is 17.4 Å². The molecule has 0 amide bonds. The summed E-state index contributed by atoms with van der Waals surface area (Å²) in [7, 11) is 1.93. The summed E-state index contributed by atoms with van der Waals surface area (Å²) in [6, 6.07) is 5.93. The number of rotatable bonds is 7. The molecule has 0 bridgehead atoms. The summed E-state index contributed by atoms with van der Waals surface area (Å²) in [5.74, 6) is 2.23. The van der Waals surface area contributed by atoms with E-state index >= 15 is 0 Å². The lowest BCUT2D eigenvalue weighted by Crippen LogP contribution is -2.37. The molecule has 35 heavy (non-hydrogen) atoms. The van der Waals surface area contributed by atoms with Crippen molar-refractivity contribution in [2.45, 2.75) is 44.1 Å². The fourth-order valence-corrected chi connectivity index (χ4v) is 6.16. The Morgan fingerprint density at radius 1 is 1.20 bits per heavy atom. The lowest BCUT2D eigenvalue weighted by molar-refractivity contribution is -0.137. The van der Waals surface area contributed by atoms with Crippen molar-refractivity contribution in [2.24, 2.45) is 12.5 Å². The van der Waals surface area contributed by atoms with Crippen LogP contribution in [0.4, 0.5) is 18.9 Å². The van der Waals surface area contributed by atoms with E-state index < -0.39 is 11.7 Å². The summed E-state index contributed by atoms with van der Waals surface area (Å²) in [4.78, 5) is 8.90. The molecule has 2 saturated heterocycles. The largest absolute Gasteiger partial charge is 0.440 e. The van der Waals surface area contributed by atoms with E-state index in [2.05, 4.69) is 31.9 Å². The van der Waals surface area contributed by atoms with Gasteiger partial charge < -0.3 is 18.8 Å². The van der Waals surface area contributed by atoms with Gasteiger partial charge in [0.25, 0.3) is 0 Å². The van der Waals surface area contributed by atoms with Crippen molar-refractivity contribution in [3.8, 4) is 11.6 Å². The predicted molar refractivity (Wildman–Crippen MR) is 128 cm³/mol. The third-order valence-electron chi connectivity index (χ3n) is 7.28. The molecule has 4 heterocycles. The van der Waals surface area contributed by atoms with Gasteiger partial charge in [0.05, 0.1) is 11.3 Å². The van der Waals surface area contributed by atoms with E-state index in [0.717, 1.165) is 61.3 Å². The summed E-state index contributed by atoms with van der Waals surface area (Å²) < 4.78 is 46.2. The maximum Gasteiger partial charge on any atom is 0.416 e. The van der Waals surface area contributed by atoms with Gasteiger partial charge in [-0.05, 0) is 50.6 Å². The number of aryl methyl sites for hydroxylation is 1. The Kier molecular flexibility index (Phi) is 6.33. The molecule has 11 heteroatoms. The molecule has 2 aliphatic heterocycles. The molecule has 0 spiro atoms. The second-order valence-corrected chi connectivity index (χ2v) is 10.8. The number of thioether (sulfide) groups is 1. The van der Waals surface area contributed by atoms with Gasteiger partial charge in [-0.15, -0.1) is 10.2 Å². The first-order valence-electron chi connectivity index (χ1n) is 11.7. The molecule has 0 radical (unpaired) electrons. The number of hydrogen-bond acceptors (Lipinski definition) is 7. The third kappa shape index (κ3) is 4.67. The fraction of sp³-hybridized carbons (Fsp3) is 0.542. The molecule has 0 aliphatic carbocycles. The van der Waals surface area contributed by atoms with E-state index in [1.807, 2.05) is 18.5 Å². The number of fused-ring (bicyclic) bond motifs is 1. The van der Waals surface area contributed by atoms with Crippen LogP contribution in [0.3, 0.4) is 0 Å². The third-order valence-corrected chi connectivity index (χ3v) is 8.39. The Labute approximate surface area is 206 Å². The van der Waals surface area contributed by atoms with Crippen molar-refractivity contribution in [1.29, 1.82) is 0 Å². The van der Waals surface area contributed by atoms with Crippen LogP contribution in [-0.4, -0.2) is 62.6 Å². The molecule has 1 aromatic carbocycles. The van der Waals surface area contributed by atoms with E-state index in [0.29, 0.717) is 17.6 Å². The average Bonchev–Trinajstić information content (AvgIpc) is 3.54. The molecule has 2 aromatic heterocycles. The Balaban J connectivity index is 1.15. The standard InChI is InChI=1S/C24H29F3N6OS/c1-16-20(34-15-28-16)21-29-30-22(31(21)3)35-12-4-10-32-13-19-23(2,14-32)9-11-33(19)18-7-5-17(6-8-18)24(25,26)27/h5-8,15,19H,4,9-14H2,1-3H3/t19-,23+/m0/s1. The minimum absolute atomic E-state index is 0.156. The van der Waals surface area contributed by atoms with Gasteiger partial charge in [0.15, 0.2) is 17.3 Å². The van der Waals surface area contributed by atoms with Gasteiger partial charge in [-0.2, -0.15) is 13.2 Å². The normalized spacial score (nSPS) is 22.8. The van der Waals surface area contributed by atoms with Crippen LogP contribution in [-0.2, 0) is 13.2 Å². The number of likely N-dealkylation sites (tertiary alicyclic amines) is 1. The van der Waals surface area contributed by atoms with Gasteiger partial charge in [-0.3, -0.25) is 0 Å². The Morgan fingerprint density at radius 2 is 1.97 bits per heavy atom. The van der Waals surface area contributed by atoms with Crippen molar-refractivity contribution in [1.82, 2.24) is 24.6 Å². The molecule has 0 N–H and O–H groups in total. The minimum atomic E-state index is -4.30. The van der Waals surface area contributed by atoms with Crippen molar-refractivity contribution in [3.63, 3.8) is 0 Å². The molecule has 7 nitrogen and oxygen atoms in total. The zero-order valence-electron chi connectivity index (χ0n) is 20.0. The van der Waals surface area contributed by atoms with E-state index in [9.17, 15) is 13.2 Å². The van der Waals surface area contributed by atoms with Gasteiger partial charge in [-0.25, -0.2) is 4.98 Å². The van der Waals surface area contributed by atoms with Crippen LogP contribution in [0.2, 0.25) is 0 Å². The zero-order valence-corrected chi connectivity index (χ0v) is 20.9. The smallest absolute Gasteiger partial charge is 0.416 e. The van der Waals surface area contributed by atoms with Crippen LogP contribution in [0.1, 0.15) is 31.0 Å². The maximum absolute atomic E-state index is 12.9. The van der Waals surface area contributed by atoms with Crippen LogP contribution in [0, 0.1) is 12.3 Å². The van der Waals surface area contributed by atoms with E-state index in [-0.39, 0.29) is 5.41 Å². The molecule has 3 aromatic rings. The lowest BCUT2D eigenvalue weighted by Gasteiger charge is -2.30. The molecule has 188 valence electrons. The van der Waals surface area contributed by atoms with Gasteiger partial charge >= 0.3 is 6.18 Å². The van der Waals surface area contributed by atoms with Gasteiger partial charge in [0.1, 0.15) is 0 Å². The van der Waals surface area contributed by atoms with Crippen LogP contribution in [0.25, 0.3) is 11.6 Å². The van der Waals surface area contributed by atoms with Crippen LogP contribution >= 0.6 is 11.8 Å². The first-order valence-corrected chi connectivity index (χ1v) is 12.7. The predicted octanol–water partition coefficient (Wildman–Crippen LogP) is 4.88. The number of benzene rings is 1. The molecular weight excluding hydrogens is 477 g/mol. The number of oxazole rings is 1. The van der Waals surface area contributed by atoms with Crippen LogP contribution < -0.4 is 4.90 Å². The average molecular weight is 507 g/mol. The number of alkyl halides is 3. The number of hydrogen-bond donors (Lipinski definition) is 0. The Bertz CT molecular complexity index is 1180. The van der Waals surface area contributed by atoms with Crippen molar-refractivity contribution in [3.05, 3.63) is 41.9 Å². The highest BCUT2D eigenvalue weighted by Gasteiger charge is 2.50. The monoisotopic (exact) mass is 506 g/mol. The van der Waals surface area contributed by atoms with Crippen molar-refractivity contribution in [2.75, 3.05) is 36.8 Å². The topological polar surface area (TPSA) is 63.2 Å².